The third-order valence-electron chi connectivity index (χ3n) is 4.20. The molecule has 1 saturated carbocycles. The standard InChI is InChI=1S/C15H23FN2/c1-11-7-8-12(9-14(11)16)15(10-17)18(2)13-5-3-4-6-13/h7-9,13,15H,3-6,10,17H2,1-2H3. The molecule has 2 nitrogen and oxygen atoms in total. The molecule has 100 valence electrons. The lowest BCUT2D eigenvalue weighted by Gasteiger charge is -2.32. The SMILES string of the molecule is Cc1ccc(C(CN)N(C)C2CCCC2)cc1F. The molecule has 1 unspecified atom stereocenters. The Morgan fingerprint density at radius 2 is 2.06 bits per heavy atom. The van der Waals surface area contributed by atoms with Gasteiger partial charge in [-0.1, -0.05) is 25.0 Å². The lowest BCUT2D eigenvalue weighted by molar-refractivity contribution is 0.179. The molecule has 1 aromatic rings. The summed E-state index contributed by atoms with van der Waals surface area (Å²) in [4.78, 5) is 2.33. The molecule has 0 saturated heterocycles. The van der Waals surface area contributed by atoms with Crippen molar-refractivity contribution in [3.63, 3.8) is 0 Å². The molecule has 0 bridgehead atoms. The van der Waals surface area contributed by atoms with Crippen molar-refractivity contribution in [3.8, 4) is 0 Å². The fraction of sp³-hybridized carbons (Fsp3) is 0.600. The molecule has 1 fully saturated rings. The zero-order valence-corrected chi connectivity index (χ0v) is 11.3. The average molecular weight is 250 g/mol. The summed E-state index contributed by atoms with van der Waals surface area (Å²) in [6, 6.07) is 6.21. The van der Waals surface area contributed by atoms with Gasteiger partial charge in [0.15, 0.2) is 0 Å². The van der Waals surface area contributed by atoms with Gasteiger partial charge in [-0.3, -0.25) is 4.90 Å². The minimum atomic E-state index is -0.134. The Labute approximate surface area is 109 Å². The van der Waals surface area contributed by atoms with Crippen LogP contribution in [0.1, 0.15) is 42.9 Å². The van der Waals surface area contributed by atoms with Crippen molar-refractivity contribution in [2.75, 3.05) is 13.6 Å². The molecular weight excluding hydrogens is 227 g/mol. The van der Waals surface area contributed by atoms with E-state index in [1.807, 2.05) is 12.1 Å². The van der Waals surface area contributed by atoms with Crippen molar-refractivity contribution in [1.29, 1.82) is 0 Å². The van der Waals surface area contributed by atoms with Gasteiger partial charge >= 0.3 is 0 Å². The highest BCUT2D eigenvalue weighted by molar-refractivity contribution is 5.26. The van der Waals surface area contributed by atoms with Gasteiger partial charge in [0.1, 0.15) is 5.82 Å². The fourth-order valence-electron chi connectivity index (χ4n) is 2.92. The number of aryl methyl sites for hydroxylation is 1. The fourth-order valence-corrected chi connectivity index (χ4v) is 2.92. The monoisotopic (exact) mass is 250 g/mol. The first-order valence-electron chi connectivity index (χ1n) is 6.81. The molecule has 2 N–H and O–H groups in total. The van der Waals surface area contributed by atoms with Gasteiger partial charge in [0.2, 0.25) is 0 Å². The van der Waals surface area contributed by atoms with Crippen molar-refractivity contribution in [2.45, 2.75) is 44.7 Å². The van der Waals surface area contributed by atoms with Gasteiger partial charge < -0.3 is 5.73 Å². The summed E-state index contributed by atoms with van der Waals surface area (Å²) in [5.41, 5.74) is 7.59. The van der Waals surface area contributed by atoms with Gasteiger partial charge in [0.25, 0.3) is 0 Å². The summed E-state index contributed by atoms with van der Waals surface area (Å²) in [5.74, 6) is -0.134. The predicted octanol–water partition coefficient (Wildman–Crippen LogP) is 3.01. The highest BCUT2D eigenvalue weighted by atomic mass is 19.1. The molecule has 3 heteroatoms. The van der Waals surface area contributed by atoms with Crippen LogP contribution >= 0.6 is 0 Å². The van der Waals surface area contributed by atoms with Crippen LogP contribution in [0.2, 0.25) is 0 Å². The number of likely N-dealkylation sites (N-methyl/N-ethyl adjacent to an activating group) is 1. The van der Waals surface area contributed by atoms with E-state index in [0.717, 1.165) is 5.56 Å². The van der Waals surface area contributed by atoms with E-state index in [2.05, 4.69) is 11.9 Å². The lowest BCUT2D eigenvalue weighted by atomic mass is 10.0. The first kappa shape index (κ1) is 13.5. The molecule has 2 rings (SSSR count). The molecule has 0 aromatic heterocycles. The maximum absolute atomic E-state index is 13.7. The second-order valence-corrected chi connectivity index (χ2v) is 5.36. The minimum Gasteiger partial charge on any atom is -0.329 e. The molecule has 0 heterocycles. The van der Waals surface area contributed by atoms with Gasteiger partial charge in [-0.2, -0.15) is 0 Å². The topological polar surface area (TPSA) is 29.3 Å². The van der Waals surface area contributed by atoms with Crippen molar-refractivity contribution in [3.05, 3.63) is 35.1 Å². The molecular formula is C15H23FN2. The van der Waals surface area contributed by atoms with E-state index in [4.69, 9.17) is 5.73 Å². The Balaban J connectivity index is 2.18. The molecule has 1 aromatic carbocycles. The van der Waals surface area contributed by atoms with Gasteiger partial charge in [-0.25, -0.2) is 4.39 Å². The molecule has 0 amide bonds. The van der Waals surface area contributed by atoms with Crippen LogP contribution in [0.4, 0.5) is 4.39 Å². The summed E-state index contributed by atoms with van der Waals surface area (Å²) >= 11 is 0. The van der Waals surface area contributed by atoms with E-state index in [1.54, 1.807) is 13.0 Å². The molecule has 1 aliphatic carbocycles. The van der Waals surface area contributed by atoms with Crippen LogP contribution in [0.3, 0.4) is 0 Å². The Hall–Kier alpha value is -0.930. The molecule has 1 aliphatic rings. The summed E-state index contributed by atoms with van der Waals surface area (Å²) in [6.07, 6.45) is 5.08. The first-order valence-corrected chi connectivity index (χ1v) is 6.81. The number of benzene rings is 1. The summed E-state index contributed by atoms with van der Waals surface area (Å²) in [6.45, 7) is 2.33. The number of halogens is 1. The Morgan fingerprint density at radius 1 is 1.39 bits per heavy atom. The second-order valence-electron chi connectivity index (χ2n) is 5.36. The van der Waals surface area contributed by atoms with Crippen LogP contribution in [0, 0.1) is 12.7 Å². The van der Waals surface area contributed by atoms with E-state index in [0.29, 0.717) is 18.2 Å². The zero-order chi connectivity index (χ0) is 13.1. The second kappa shape index (κ2) is 5.81. The van der Waals surface area contributed by atoms with E-state index in [-0.39, 0.29) is 11.9 Å². The number of nitrogens with zero attached hydrogens (tertiary/aromatic N) is 1. The highest BCUT2D eigenvalue weighted by Crippen LogP contribution is 2.29. The van der Waals surface area contributed by atoms with Gasteiger partial charge in [-0.05, 0) is 44.0 Å². The van der Waals surface area contributed by atoms with Crippen LogP contribution in [-0.2, 0) is 0 Å². The van der Waals surface area contributed by atoms with Crippen molar-refractivity contribution >= 4 is 0 Å². The average Bonchev–Trinajstić information content (AvgIpc) is 2.88. The number of nitrogens with two attached hydrogens (primary N) is 1. The summed E-state index contributed by atoms with van der Waals surface area (Å²) in [7, 11) is 2.12. The summed E-state index contributed by atoms with van der Waals surface area (Å²) < 4.78 is 13.7. The molecule has 0 aliphatic heterocycles. The van der Waals surface area contributed by atoms with Crippen molar-refractivity contribution in [1.82, 2.24) is 4.90 Å². The smallest absolute Gasteiger partial charge is 0.126 e. The van der Waals surface area contributed by atoms with E-state index < -0.39 is 0 Å². The number of rotatable bonds is 4. The minimum absolute atomic E-state index is 0.128. The zero-order valence-electron chi connectivity index (χ0n) is 11.3. The van der Waals surface area contributed by atoms with Crippen molar-refractivity contribution in [2.24, 2.45) is 5.73 Å². The van der Waals surface area contributed by atoms with Crippen LogP contribution < -0.4 is 5.73 Å². The van der Waals surface area contributed by atoms with E-state index >= 15 is 0 Å². The predicted molar refractivity (Wildman–Crippen MR) is 73.0 cm³/mol. The third kappa shape index (κ3) is 2.73. The largest absolute Gasteiger partial charge is 0.329 e. The van der Waals surface area contributed by atoms with Crippen LogP contribution in [0.5, 0.6) is 0 Å². The maximum Gasteiger partial charge on any atom is 0.126 e. The third-order valence-corrected chi connectivity index (χ3v) is 4.20. The highest BCUT2D eigenvalue weighted by Gasteiger charge is 2.26. The van der Waals surface area contributed by atoms with E-state index in [9.17, 15) is 4.39 Å². The molecule has 0 spiro atoms. The number of hydrogen-bond acceptors (Lipinski definition) is 2. The Kier molecular flexibility index (Phi) is 4.36. The normalized spacial score (nSPS) is 18.5. The maximum atomic E-state index is 13.7. The van der Waals surface area contributed by atoms with Crippen LogP contribution in [-0.4, -0.2) is 24.5 Å². The van der Waals surface area contributed by atoms with Gasteiger partial charge in [0.05, 0.1) is 0 Å². The Bertz CT molecular complexity index is 399. The van der Waals surface area contributed by atoms with Crippen molar-refractivity contribution < 1.29 is 4.39 Å². The van der Waals surface area contributed by atoms with Crippen LogP contribution in [0.25, 0.3) is 0 Å². The molecule has 18 heavy (non-hydrogen) atoms. The lowest BCUT2D eigenvalue weighted by Crippen LogP contribution is -2.37. The number of hydrogen-bond donors (Lipinski definition) is 1. The molecule has 0 radical (unpaired) electrons. The Morgan fingerprint density at radius 3 is 2.61 bits per heavy atom. The molecule has 1 atom stereocenters. The first-order chi connectivity index (χ1) is 8.63. The van der Waals surface area contributed by atoms with E-state index in [1.165, 1.54) is 25.7 Å². The van der Waals surface area contributed by atoms with Crippen LogP contribution in [0.15, 0.2) is 18.2 Å². The summed E-state index contributed by atoms with van der Waals surface area (Å²) in [5, 5.41) is 0. The quantitative estimate of drug-likeness (QED) is 0.890. The van der Waals surface area contributed by atoms with Gasteiger partial charge in [-0.15, -0.1) is 0 Å². The van der Waals surface area contributed by atoms with Gasteiger partial charge in [0, 0.05) is 18.6 Å².